The average Bonchev–Trinajstić information content (AvgIpc) is 2.51. The molecule has 1 aromatic rings. The smallest absolute Gasteiger partial charge is 0.139 e. The second-order valence-electron chi connectivity index (χ2n) is 4.64. The average molecular weight is 267 g/mol. The van der Waals surface area contributed by atoms with Gasteiger partial charge >= 0.3 is 0 Å². The minimum absolute atomic E-state index is 0.103. The number of carbonyl (C=O) groups excluding carboxylic acids is 1. The van der Waals surface area contributed by atoms with E-state index >= 15 is 0 Å². The lowest BCUT2D eigenvalue weighted by atomic mass is 9.81. The summed E-state index contributed by atoms with van der Waals surface area (Å²) in [6, 6.07) is 8.28. The van der Waals surface area contributed by atoms with Gasteiger partial charge in [-0.25, -0.2) is 0 Å². The minimum Gasteiger partial charge on any atom is -0.299 e. The number of hydrogen-bond acceptors (Lipinski definition) is 1. The number of rotatable bonds is 2. The van der Waals surface area contributed by atoms with Gasteiger partial charge in [0.25, 0.3) is 0 Å². The van der Waals surface area contributed by atoms with Gasteiger partial charge in [-0.15, -0.1) is 0 Å². The summed E-state index contributed by atoms with van der Waals surface area (Å²) in [5, 5.41) is 0. The zero-order valence-corrected chi connectivity index (χ0v) is 10.5. The van der Waals surface area contributed by atoms with Crippen LogP contribution in [-0.2, 0) is 11.2 Å². The molecule has 1 fully saturated rings. The van der Waals surface area contributed by atoms with Crippen LogP contribution >= 0.6 is 15.9 Å². The van der Waals surface area contributed by atoms with Gasteiger partial charge in [0.05, 0.1) is 0 Å². The van der Waals surface area contributed by atoms with Gasteiger partial charge in [0.2, 0.25) is 0 Å². The van der Waals surface area contributed by atoms with E-state index in [4.69, 9.17) is 0 Å². The van der Waals surface area contributed by atoms with E-state index in [1.54, 1.807) is 0 Å². The van der Waals surface area contributed by atoms with Gasteiger partial charge in [-0.1, -0.05) is 35.0 Å². The van der Waals surface area contributed by atoms with Crippen LogP contribution in [0.5, 0.6) is 0 Å². The van der Waals surface area contributed by atoms with Gasteiger partial charge in [-0.05, 0) is 37.0 Å². The van der Waals surface area contributed by atoms with Crippen molar-refractivity contribution >= 4 is 21.7 Å². The minimum atomic E-state index is -0.103. The van der Waals surface area contributed by atoms with E-state index < -0.39 is 0 Å². The summed E-state index contributed by atoms with van der Waals surface area (Å²) < 4.78 is 1.09. The Labute approximate surface area is 99.0 Å². The summed E-state index contributed by atoms with van der Waals surface area (Å²) in [6.45, 7) is 2.10. The third kappa shape index (κ3) is 2.31. The molecule has 1 aromatic carbocycles. The Balaban J connectivity index is 2.14. The lowest BCUT2D eigenvalue weighted by Gasteiger charge is -2.21. The standard InChI is InChI=1S/C13H15BrO/c1-13(8-2-3-12(13)15)9-10-4-6-11(14)7-5-10/h4-7H,2-3,8-9H2,1H3. The molecule has 1 aliphatic rings. The summed E-state index contributed by atoms with van der Waals surface area (Å²) in [7, 11) is 0. The van der Waals surface area contributed by atoms with Crippen molar-refractivity contribution in [3.05, 3.63) is 34.3 Å². The topological polar surface area (TPSA) is 17.1 Å². The normalized spacial score (nSPS) is 25.9. The van der Waals surface area contributed by atoms with Crippen LogP contribution in [0.25, 0.3) is 0 Å². The van der Waals surface area contributed by atoms with Crippen molar-refractivity contribution in [1.29, 1.82) is 0 Å². The summed E-state index contributed by atoms with van der Waals surface area (Å²) in [4.78, 5) is 11.8. The fourth-order valence-corrected chi connectivity index (χ4v) is 2.58. The van der Waals surface area contributed by atoms with Crippen molar-refractivity contribution in [2.24, 2.45) is 5.41 Å². The largest absolute Gasteiger partial charge is 0.299 e. The molecule has 1 atom stereocenters. The van der Waals surface area contributed by atoms with Gasteiger partial charge in [-0.2, -0.15) is 0 Å². The molecular formula is C13H15BrO. The Hall–Kier alpha value is -0.630. The van der Waals surface area contributed by atoms with E-state index in [1.165, 1.54) is 5.56 Å². The van der Waals surface area contributed by atoms with Gasteiger partial charge in [0.15, 0.2) is 0 Å². The van der Waals surface area contributed by atoms with Crippen LogP contribution in [0.3, 0.4) is 0 Å². The lowest BCUT2D eigenvalue weighted by Crippen LogP contribution is -2.24. The van der Waals surface area contributed by atoms with Crippen LogP contribution in [0, 0.1) is 5.41 Å². The van der Waals surface area contributed by atoms with Crippen LogP contribution in [0.15, 0.2) is 28.7 Å². The molecule has 0 aromatic heterocycles. The summed E-state index contributed by atoms with van der Waals surface area (Å²) in [5.74, 6) is 0.436. The number of ketones is 1. The molecule has 1 unspecified atom stereocenters. The van der Waals surface area contributed by atoms with Crippen molar-refractivity contribution in [2.75, 3.05) is 0 Å². The maximum absolute atomic E-state index is 11.8. The molecule has 1 saturated carbocycles. The molecule has 0 saturated heterocycles. The van der Waals surface area contributed by atoms with E-state index in [0.29, 0.717) is 5.78 Å². The van der Waals surface area contributed by atoms with Crippen LogP contribution in [-0.4, -0.2) is 5.78 Å². The van der Waals surface area contributed by atoms with Crippen molar-refractivity contribution < 1.29 is 4.79 Å². The highest BCUT2D eigenvalue weighted by molar-refractivity contribution is 9.10. The molecular weight excluding hydrogens is 252 g/mol. The van der Waals surface area contributed by atoms with Crippen molar-refractivity contribution in [3.8, 4) is 0 Å². The van der Waals surface area contributed by atoms with Crippen LogP contribution < -0.4 is 0 Å². The second-order valence-corrected chi connectivity index (χ2v) is 5.56. The molecule has 1 aliphatic carbocycles. The van der Waals surface area contributed by atoms with Crippen LogP contribution in [0.4, 0.5) is 0 Å². The molecule has 2 rings (SSSR count). The molecule has 0 radical (unpaired) electrons. The number of carbonyl (C=O) groups is 1. The first kappa shape index (κ1) is 10.9. The number of hydrogen-bond donors (Lipinski definition) is 0. The number of halogens is 1. The monoisotopic (exact) mass is 266 g/mol. The molecule has 0 spiro atoms. The molecule has 0 heterocycles. The molecule has 0 bridgehead atoms. The Kier molecular flexibility index (Phi) is 2.96. The van der Waals surface area contributed by atoms with Gasteiger partial charge in [0.1, 0.15) is 5.78 Å². The predicted octanol–water partition coefficient (Wildman–Crippen LogP) is 3.75. The first-order chi connectivity index (χ1) is 7.10. The Bertz CT molecular complexity index is 369. The highest BCUT2D eigenvalue weighted by Crippen LogP contribution is 2.37. The molecule has 2 heteroatoms. The highest BCUT2D eigenvalue weighted by Gasteiger charge is 2.36. The zero-order chi connectivity index (χ0) is 10.9. The van der Waals surface area contributed by atoms with E-state index in [2.05, 4.69) is 35.0 Å². The van der Waals surface area contributed by atoms with Gasteiger partial charge in [-0.3, -0.25) is 4.79 Å². The maximum Gasteiger partial charge on any atom is 0.139 e. The number of Topliss-reactive ketones (excluding diaryl/α,β-unsaturated/α-hetero) is 1. The fourth-order valence-electron chi connectivity index (χ4n) is 2.32. The van der Waals surface area contributed by atoms with E-state index in [-0.39, 0.29) is 5.41 Å². The Morgan fingerprint density at radius 3 is 2.53 bits per heavy atom. The third-order valence-electron chi connectivity index (χ3n) is 3.31. The van der Waals surface area contributed by atoms with Crippen LogP contribution in [0.1, 0.15) is 31.7 Å². The van der Waals surface area contributed by atoms with Crippen molar-refractivity contribution in [1.82, 2.24) is 0 Å². The molecule has 15 heavy (non-hydrogen) atoms. The third-order valence-corrected chi connectivity index (χ3v) is 3.84. The van der Waals surface area contributed by atoms with E-state index in [9.17, 15) is 4.79 Å². The Morgan fingerprint density at radius 1 is 1.33 bits per heavy atom. The highest BCUT2D eigenvalue weighted by atomic mass is 79.9. The summed E-state index contributed by atoms with van der Waals surface area (Å²) >= 11 is 3.42. The summed E-state index contributed by atoms with van der Waals surface area (Å²) in [6.07, 6.45) is 3.76. The quantitative estimate of drug-likeness (QED) is 0.797. The van der Waals surface area contributed by atoms with E-state index in [1.807, 2.05) is 12.1 Å². The molecule has 0 amide bonds. The molecule has 0 N–H and O–H groups in total. The predicted molar refractivity (Wildman–Crippen MR) is 64.8 cm³/mol. The van der Waals surface area contributed by atoms with E-state index in [0.717, 1.165) is 30.2 Å². The Morgan fingerprint density at radius 2 is 2.00 bits per heavy atom. The zero-order valence-electron chi connectivity index (χ0n) is 8.92. The lowest BCUT2D eigenvalue weighted by molar-refractivity contribution is -0.124. The summed E-state index contributed by atoms with van der Waals surface area (Å²) in [5.41, 5.74) is 1.16. The fraction of sp³-hybridized carbons (Fsp3) is 0.462. The van der Waals surface area contributed by atoms with Crippen molar-refractivity contribution in [3.63, 3.8) is 0 Å². The van der Waals surface area contributed by atoms with Crippen LogP contribution in [0.2, 0.25) is 0 Å². The van der Waals surface area contributed by atoms with Gasteiger partial charge < -0.3 is 0 Å². The molecule has 80 valence electrons. The van der Waals surface area contributed by atoms with Crippen molar-refractivity contribution in [2.45, 2.75) is 32.6 Å². The maximum atomic E-state index is 11.8. The molecule has 1 nitrogen and oxygen atoms in total. The number of benzene rings is 1. The molecule has 0 aliphatic heterocycles. The second kappa shape index (κ2) is 4.09. The van der Waals surface area contributed by atoms with Gasteiger partial charge in [0, 0.05) is 16.3 Å². The first-order valence-electron chi connectivity index (χ1n) is 5.38. The first-order valence-corrected chi connectivity index (χ1v) is 6.17. The SMILES string of the molecule is CC1(Cc2ccc(Br)cc2)CCCC1=O.